The Balaban J connectivity index is 1.57. The van der Waals surface area contributed by atoms with Gasteiger partial charge in [-0.2, -0.15) is 0 Å². The van der Waals surface area contributed by atoms with Crippen LogP contribution in [0.4, 0.5) is 16.5 Å². The van der Waals surface area contributed by atoms with Crippen molar-refractivity contribution in [3.8, 4) is 17.0 Å². The molecule has 0 unspecified atom stereocenters. The van der Waals surface area contributed by atoms with Crippen LogP contribution >= 0.6 is 11.3 Å². The van der Waals surface area contributed by atoms with Crippen molar-refractivity contribution in [2.45, 2.75) is 0 Å². The summed E-state index contributed by atoms with van der Waals surface area (Å²) in [6.45, 7) is -0.0292. The van der Waals surface area contributed by atoms with Gasteiger partial charge in [-0.1, -0.05) is 6.07 Å². The minimum Gasteiger partial charge on any atom is -0.497 e. The number of nitro groups is 1. The second-order valence-corrected chi connectivity index (χ2v) is 6.33. The Morgan fingerprint density at radius 1 is 1.26 bits per heavy atom. The zero-order chi connectivity index (χ0) is 19.2. The Morgan fingerprint density at radius 3 is 2.74 bits per heavy atom. The molecule has 0 saturated carbocycles. The number of methoxy groups -OCH3 is 1. The quantitative estimate of drug-likeness (QED) is 0.474. The van der Waals surface area contributed by atoms with Gasteiger partial charge in [-0.25, -0.2) is 4.98 Å². The second kappa shape index (κ2) is 8.28. The number of hydrogen-bond acceptors (Lipinski definition) is 7. The largest absolute Gasteiger partial charge is 0.497 e. The third-order valence-electron chi connectivity index (χ3n) is 3.65. The highest BCUT2D eigenvalue weighted by Crippen LogP contribution is 2.26. The number of carbonyl (C=O) groups is 1. The summed E-state index contributed by atoms with van der Waals surface area (Å²) in [6.07, 6.45) is 0. The lowest BCUT2D eigenvalue weighted by Crippen LogP contribution is -2.21. The Bertz CT molecular complexity index is 956. The van der Waals surface area contributed by atoms with Gasteiger partial charge in [-0.05, 0) is 30.3 Å². The number of nitro benzene ring substituents is 1. The van der Waals surface area contributed by atoms with Gasteiger partial charge >= 0.3 is 0 Å². The molecule has 27 heavy (non-hydrogen) atoms. The topological polar surface area (TPSA) is 106 Å². The van der Waals surface area contributed by atoms with Gasteiger partial charge in [0.15, 0.2) is 5.13 Å². The van der Waals surface area contributed by atoms with E-state index in [2.05, 4.69) is 15.6 Å². The number of ether oxygens (including phenoxy) is 1. The summed E-state index contributed by atoms with van der Waals surface area (Å²) in [5.41, 5.74) is 2.13. The molecule has 0 aliphatic rings. The van der Waals surface area contributed by atoms with Gasteiger partial charge in [0.1, 0.15) is 5.75 Å². The SMILES string of the molecule is COc1ccc(-c2csc(NC(=O)CNc3cccc([N+](=O)[O-])c3)n2)cc1. The van der Waals surface area contributed by atoms with Crippen LogP contribution in [0.25, 0.3) is 11.3 Å². The molecular formula is C18H16N4O4S. The lowest BCUT2D eigenvalue weighted by molar-refractivity contribution is -0.384. The normalized spacial score (nSPS) is 10.3. The first-order chi connectivity index (χ1) is 13.0. The molecule has 9 heteroatoms. The molecule has 0 atom stereocenters. The maximum absolute atomic E-state index is 12.1. The summed E-state index contributed by atoms with van der Waals surface area (Å²) in [7, 11) is 1.60. The number of thiazole rings is 1. The molecule has 0 aliphatic heterocycles. The number of amides is 1. The van der Waals surface area contributed by atoms with Crippen LogP contribution in [0, 0.1) is 10.1 Å². The van der Waals surface area contributed by atoms with Crippen LogP contribution in [-0.4, -0.2) is 29.5 Å². The summed E-state index contributed by atoms with van der Waals surface area (Å²) in [4.78, 5) is 26.8. The van der Waals surface area contributed by atoms with Crippen LogP contribution in [-0.2, 0) is 4.79 Å². The van der Waals surface area contributed by atoms with E-state index in [9.17, 15) is 14.9 Å². The fourth-order valence-corrected chi connectivity index (χ4v) is 3.04. The van der Waals surface area contributed by atoms with E-state index < -0.39 is 4.92 Å². The van der Waals surface area contributed by atoms with Gasteiger partial charge < -0.3 is 15.4 Å². The maximum Gasteiger partial charge on any atom is 0.271 e. The molecule has 1 amide bonds. The molecule has 1 aromatic heterocycles. The van der Waals surface area contributed by atoms with E-state index in [0.29, 0.717) is 10.8 Å². The van der Waals surface area contributed by atoms with E-state index in [-0.39, 0.29) is 18.1 Å². The molecule has 138 valence electrons. The van der Waals surface area contributed by atoms with E-state index in [4.69, 9.17) is 4.74 Å². The average molecular weight is 384 g/mol. The number of aromatic nitrogens is 1. The van der Waals surface area contributed by atoms with E-state index in [1.165, 1.54) is 23.5 Å². The van der Waals surface area contributed by atoms with Gasteiger partial charge in [0, 0.05) is 28.8 Å². The second-order valence-electron chi connectivity index (χ2n) is 5.48. The standard InChI is InChI=1S/C18H16N4O4S/c1-26-15-7-5-12(6-8-15)16-11-27-18(20-16)21-17(23)10-19-13-3-2-4-14(9-13)22(24)25/h2-9,11,19H,10H2,1H3,(H,20,21,23). The van der Waals surface area contributed by atoms with Crippen molar-refractivity contribution in [2.24, 2.45) is 0 Å². The molecule has 2 N–H and O–H groups in total. The van der Waals surface area contributed by atoms with Crippen LogP contribution in [0.15, 0.2) is 53.9 Å². The van der Waals surface area contributed by atoms with Crippen LogP contribution < -0.4 is 15.4 Å². The first-order valence-corrected chi connectivity index (χ1v) is 8.81. The summed E-state index contributed by atoms with van der Waals surface area (Å²) < 4.78 is 5.13. The van der Waals surface area contributed by atoms with Crippen molar-refractivity contribution in [2.75, 3.05) is 24.3 Å². The lowest BCUT2D eigenvalue weighted by atomic mass is 10.2. The third-order valence-corrected chi connectivity index (χ3v) is 4.40. The maximum atomic E-state index is 12.1. The zero-order valence-corrected chi connectivity index (χ0v) is 15.2. The highest BCUT2D eigenvalue weighted by Gasteiger charge is 2.10. The number of rotatable bonds is 7. The van der Waals surface area contributed by atoms with E-state index >= 15 is 0 Å². The fraction of sp³-hybridized carbons (Fsp3) is 0.111. The molecule has 3 aromatic rings. The Morgan fingerprint density at radius 2 is 2.04 bits per heavy atom. The van der Waals surface area contributed by atoms with E-state index in [1.807, 2.05) is 29.6 Å². The van der Waals surface area contributed by atoms with Gasteiger partial charge in [0.25, 0.3) is 5.69 Å². The predicted molar refractivity (Wildman–Crippen MR) is 104 cm³/mol. The van der Waals surface area contributed by atoms with Gasteiger partial charge in [0.2, 0.25) is 5.91 Å². The molecule has 0 aliphatic carbocycles. The van der Waals surface area contributed by atoms with E-state index in [1.54, 1.807) is 19.2 Å². The smallest absolute Gasteiger partial charge is 0.271 e. The van der Waals surface area contributed by atoms with Crippen molar-refractivity contribution in [1.82, 2.24) is 4.98 Å². The minimum absolute atomic E-state index is 0.0292. The van der Waals surface area contributed by atoms with Crippen LogP contribution in [0.5, 0.6) is 5.75 Å². The monoisotopic (exact) mass is 384 g/mol. The summed E-state index contributed by atoms with van der Waals surface area (Å²) >= 11 is 1.32. The number of nitrogens with one attached hydrogen (secondary N) is 2. The Labute approximate surface area is 159 Å². The van der Waals surface area contributed by atoms with Gasteiger partial charge in [0.05, 0.1) is 24.3 Å². The molecule has 0 radical (unpaired) electrons. The highest BCUT2D eigenvalue weighted by molar-refractivity contribution is 7.14. The Hall–Kier alpha value is -3.46. The predicted octanol–water partition coefficient (Wildman–Crippen LogP) is 3.78. The average Bonchev–Trinajstić information content (AvgIpc) is 3.15. The van der Waals surface area contributed by atoms with Gasteiger partial charge in [-0.3, -0.25) is 14.9 Å². The third kappa shape index (κ3) is 4.79. The molecular weight excluding hydrogens is 368 g/mol. The molecule has 8 nitrogen and oxygen atoms in total. The summed E-state index contributed by atoms with van der Waals surface area (Å²) in [6, 6.07) is 13.4. The number of benzene rings is 2. The molecule has 0 spiro atoms. The number of anilines is 2. The zero-order valence-electron chi connectivity index (χ0n) is 14.3. The molecule has 1 heterocycles. The van der Waals surface area contributed by atoms with Crippen LogP contribution in [0.1, 0.15) is 0 Å². The molecule has 3 rings (SSSR count). The first-order valence-electron chi connectivity index (χ1n) is 7.93. The van der Waals surface area contributed by atoms with Gasteiger partial charge in [-0.15, -0.1) is 11.3 Å². The lowest BCUT2D eigenvalue weighted by Gasteiger charge is -2.06. The number of non-ortho nitro benzene ring substituents is 1. The minimum atomic E-state index is -0.485. The molecule has 0 saturated heterocycles. The number of hydrogen-bond donors (Lipinski definition) is 2. The van der Waals surface area contributed by atoms with Crippen molar-refractivity contribution in [3.63, 3.8) is 0 Å². The summed E-state index contributed by atoms with van der Waals surface area (Å²) in [5.74, 6) is 0.465. The molecule has 0 fully saturated rings. The molecule has 0 bridgehead atoms. The number of carbonyl (C=O) groups excluding carboxylic acids is 1. The molecule has 2 aromatic carbocycles. The van der Waals surface area contributed by atoms with Crippen molar-refractivity contribution >= 4 is 33.8 Å². The Kier molecular flexibility index (Phi) is 5.62. The number of nitrogens with zero attached hydrogens (tertiary/aromatic N) is 2. The first kappa shape index (κ1) is 18.3. The van der Waals surface area contributed by atoms with E-state index in [0.717, 1.165) is 17.0 Å². The highest BCUT2D eigenvalue weighted by atomic mass is 32.1. The van der Waals surface area contributed by atoms with Crippen molar-refractivity contribution < 1.29 is 14.5 Å². The van der Waals surface area contributed by atoms with Crippen molar-refractivity contribution in [1.29, 1.82) is 0 Å². The van der Waals surface area contributed by atoms with Crippen LogP contribution in [0.2, 0.25) is 0 Å². The fourth-order valence-electron chi connectivity index (χ4n) is 2.30. The van der Waals surface area contributed by atoms with Crippen LogP contribution in [0.3, 0.4) is 0 Å². The van der Waals surface area contributed by atoms with Crippen molar-refractivity contribution in [3.05, 3.63) is 64.0 Å². The summed E-state index contributed by atoms with van der Waals surface area (Å²) in [5, 5.41) is 18.7.